The number of carbonyl (C=O) groups is 1. The summed E-state index contributed by atoms with van der Waals surface area (Å²) in [6.45, 7) is 1.96. The normalized spacial score (nSPS) is 11.3. The summed E-state index contributed by atoms with van der Waals surface area (Å²) in [6, 6.07) is 18.1. The van der Waals surface area contributed by atoms with Gasteiger partial charge in [-0.1, -0.05) is 61.5 Å². The first-order valence-corrected chi connectivity index (χ1v) is 6.30. The summed E-state index contributed by atoms with van der Waals surface area (Å²) in [4.78, 5) is 10.8. The van der Waals surface area contributed by atoms with E-state index in [2.05, 4.69) is 12.1 Å². The second kappa shape index (κ2) is 6.01. The lowest BCUT2D eigenvalue weighted by Gasteiger charge is -2.06. The van der Waals surface area contributed by atoms with Crippen molar-refractivity contribution < 1.29 is 9.90 Å². The molecule has 2 aromatic rings. The fourth-order valence-corrected chi connectivity index (χ4v) is 2.05. The maximum Gasteiger partial charge on any atom is 0.328 e. The third-order valence-electron chi connectivity index (χ3n) is 3.04. The molecule has 2 heteroatoms. The molecule has 0 spiro atoms. The summed E-state index contributed by atoms with van der Waals surface area (Å²) < 4.78 is 0. The smallest absolute Gasteiger partial charge is 0.328 e. The van der Waals surface area contributed by atoms with Gasteiger partial charge in [-0.25, -0.2) is 4.79 Å². The van der Waals surface area contributed by atoms with Crippen LogP contribution in [0.4, 0.5) is 0 Å². The van der Waals surface area contributed by atoms with Crippen molar-refractivity contribution in [1.82, 2.24) is 0 Å². The van der Waals surface area contributed by atoms with Gasteiger partial charge < -0.3 is 5.11 Å². The van der Waals surface area contributed by atoms with E-state index in [0.29, 0.717) is 6.42 Å². The molecule has 0 aromatic heterocycles. The Hall–Kier alpha value is -2.35. The van der Waals surface area contributed by atoms with Gasteiger partial charge in [0.2, 0.25) is 0 Å². The van der Waals surface area contributed by atoms with Crippen LogP contribution in [0.25, 0.3) is 16.7 Å². The summed E-state index contributed by atoms with van der Waals surface area (Å²) in [7, 11) is 0. The molecule has 1 N–H and O–H groups in total. The lowest BCUT2D eigenvalue weighted by Crippen LogP contribution is -1.92. The van der Waals surface area contributed by atoms with Crippen molar-refractivity contribution in [1.29, 1.82) is 0 Å². The molecular formula is C17H16O2. The zero-order valence-electron chi connectivity index (χ0n) is 10.8. The first-order chi connectivity index (χ1) is 9.20. The number of benzene rings is 2. The monoisotopic (exact) mass is 252 g/mol. The molecule has 0 fully saturated rings. The topological polar surface area (TPSA) is 37.3 Å². The molecule has 0 bridgehead atoms. The number of aliphatic carboxylic acids is 1. The highest BCUT2D eigenvalue weighted by atomic mass is 16.4. The molecule has 2 aromatic carbocycles. The minimum absolute atomic E-state index is 0.705. The Kier molecular flexibility index (Phi) is 4.14. The third-order valence-corrected chi connectivity index (χ3v) is 3.04. The van der Waals surface area contributed by atoms with Gasteiger partial charge in [0.05, 0.1) is 0 Å². The van der Waals surface area contributed by atoms with E-state index in [1.54, 1.807) is 0 Å². The zero-order chi connectivity index (χ0) is 13.7. The van der Waals surface area contributed by atoms with E-state index >= 15 is 0 Å². The van der Waals surface area contributed by atoms with Crippen LogP contribution in [0.5, 0.6) is 0 Å². The van der Waals surface area contributed by atoms with Crippen LogP contribution >= 0.6 is 0 Å². The van der Waals surface area contributed by atoms with Crippen molar-refractivity contribution in [2.45, 2.75) is 13.3 Å². The maximum atomic E-state index is 10.8. The Labute approximate surface area is 113 Å². The Balaban J connectivity index is 2.31. The fourth-order valence-electron chi connectivity index (χ4n) is 2.05. The van der Waals surface area contributed by atoms with Crippen LogP contribution in [0.15, 0.2) is 60.7 Å². The summed E-state index contributed by atoms with van der Waals surface area (Å²) in [5.74, 6) is -0.899. The van der Waals surface area contributed by atoms with Crippen LogP contribution in [0.1, 0.15) is 18.9 Å². The number of carboxylic acid groups (broad SMARTS) is 1. The van der Waals surface area contributed by atoms with Gasteiger partial charge in [-0.05, 0) is 28.7 Å². The standard InChI is InChI=1S/C17H16O2/c1-2-13(12-17(18)19)15-8-10-16(11-9-15)14-6-4-3-5-7-14/h3-12H,2H2,1H3,(H,18,19)/b13-12+. The van der Waals surface area contributed by atoms with Crippen LogP contribution in [0, 0.1) is 0 Å². The highest BCUT2D eigenvalue weighted by molar-refractivity contribution is 5.90. The average Bonchev–Trinajstić information content (AvgIpc) is 2.46. The van der Waals surface area contributed by atoms with Gasteiger partial charge in [-0.2, -0.15) is 0 Å². The van der Waals surface area contributed by atoms with Crippen LogP contribution < -0.4 is 0 Å². The quantitative estimate of drug-likeness (QED) is 0.827. The Morgan fingerprint density at radius 1 is 1.00 bits per heavy atom. The van der Waals surface area contributed by atoms with Crippen LogP contribution in [-0.2, 0) is 4.79 Å². The predicted octanol–water partition coefficient (Wildman–Crippen LogP) is 4.23. The molecule has 0 amide bonds. The van der Waals surface area contributed by atoms with E-state index in [9.17, 15) is 4.79 Å². The molecule has 19 heavy (non-hydrogen) atoms. The number of rotatable bonds is 4. The third kappa shape index (κ3) is 3.32. The van der Waals surface area contributed by atoms with Gasteiger partial charge in [-0.3, -0.25) is 0 Å². The lowest BCUT2D eigenvalue weighted by molar-refractivity contribution is -0.131. The second-order valence-corrected chi connectivity index (χ2v) is 4.30. The van der Waals surface area contributed by atoms with Crippen molar-refractivity contribution in [2.24, 2.45) is 0 Å². The molecule has 0 radical (unpaired) electrons. The molecule has 0 saturated carbocycles. The molecule has 0 aliphatic heterocycles. The first kappa shape index (κ1) is 13.1. The van der Waals surface area contributed by atoms with Crippen LogP contribution in [0.3, 0.4) is 0 Å². The first-order valence-electron chi connectivity index (χ1n) is 6.30. The molecule has 2 nitrogen and oxygen atoms in total. The van der Waals surface area contributed by atoms with E-state index in [4.69, 9.17) is 5.11 Å². The van der Waals surface area contributed by atoms with E-state index < -0.39 is 5.97 Å². The van der Waals surface area contributed by atoms with Crippen molar-refractivity contribution in [3.8, 4) is 11.1 Å². The second-order valence-electron chi connectivity index (χ2n) is 4.30. The lowest BCUT2D eigenvalue weighted by atomic mass is 9.99. The minimum atomic E-state index is -0.899. The maximum absolute atomic E-state index is 10.8. The Morgan fingerprint density at radius 2 is 1.58 bits per heavy atom. The van der Waals surface area contributed by atoms with Crippen molar-refractivity contribution >= 4 is 11.5 Å². The molecule has 96 valence electrons. The minimum Gasteiger partial charge on any atom is -0.478 e. The highest BCUT2D eigenvalue weighted by Gasteiger charge is 2.03. The summed E-state index contributed by atoms with van der Waals surface area (Å²) >= 11 is 0. The number of carboxylic acids is 1. The van der Waals surface area contributed by atoms with E-state index in [0.717, 1.165) is 22.3 Å². The van der Waals surface area contributed by atoms with Gasteiger partial charge in [0.15, 0.2) is 0 Å². The molecule has 0 unspecified atom stereocenters. The molecule has 0 aliphatic rings. The van der Waals surface area contributed by atoms with E-state index in [-0.39, 0.29) is 0 Å². The zero-order valence-corrected chi connectivity index (χ0v) is 10.8. The largest absolute Gasteiger partial charge is 0.478 e. The van der Waals surface area contributed by atoms with Gasteiger partial charge in [0.25, 0.3) is 0 Å². The molecule has 0 atom stereocenters. The molecule has 0 heterocycles. The van der Waals surface area contributed by atoms with Gasteiger partial charge in [0, 0.05) is 6.08 Å². The Bertz CT molecular complexity index is 580. The molecule has 0 saturated heterocycles. The Morgan fingerprint density at radius 3 is 2.11 bits per heavy atom. The molecule has 2 rings (SSSR count). The van der Waals surface area contributed by atoms with Gasteiger partial charge in [-0.15, -0.1) is 0 Å². The van der Waals surface area contributed by atoms with Crippen molar-refractivity contribution in [3.05, 3.63) is 66.2 Å². The fraction of sp³-hybridized carbons (Fsp3) is 0.118. The van der Waals surface area contributed by atoms with Gasteiger partial charge in [0.1, 0.15) is 0 Å². The number of hydrogen-bond donors (Lipinski definition) is 1. The number of hydrogen-bond acceptors (Lipinski definition) is 1. The van der Waals surface area contributed by atoms with Crippen LogP contribution in [0.2, 0.25) is 0 Å². The SMILES string of the molecule is CC/C(=C\C(=O)O)c1ccc(-c2ccccc2)cc1. The van der Waals surface area contributed by atoms with Gasteiger partial charge >= 0.3 is 5.97 Å². The van der Waals surface area contributed by atoms with Crippen molar-refractivity contribution in [3.63, 3.8) is 0 Å². The number of allylic oxidation sites excluding steroid dienone is 1. The van der Waals surface area contributed by atoms with E-state index in [1.165, 1.54) is 6.08 Å². The summed E-state index contributed by atoms with van der Waals surface area (Å²) in [5.41, 5.74) is 4.10. The van der Waals surface area contributed by atoms with E-state index in [1.807, 2.05) is 49.4 Å². The van der Waals surface area contributed by atoms with Crippen LogP contribution in [-0.4, -0.2) is 11.1 Å². The molecular weight excluding hydrogens is 236 g/mol. The molecule has 0 aliphatic carbocycles. The summed E-state index contributed by atoms with van der Waals surface area (Å²) in [6.07, 6.45) is 1.98. The highest BCUT2D eigenvalue weighted by Crippen LogP contribution is 2.23. The average molecular weight is 252 g/mol. The van der Waals surface area contributed by atoms with Crippen molar-refractivity contribution in [2.75, 3.05) is 0 Å². The summed E-state index contributed by atoms with van der Waals surface area (Å²) in [5, 5.41) is 8.83. The predicted molar refractivity (Wildman–Crippen MR) is 77.8 cm³/mol.